The summed E-state index contributed by atoms with van der Waals surface area (Å²) in [6.07, 6.45) is -4.53. The summed E-state index contributed by atoms with van der Waals surface area (Å²) in [5.41, 5.74) is 9.94. The van der Waals surface area contributed by atoms with E-state index in [1.165, 1.54) is 23.3 Å². The molecule has 5 rings (SSSR count). The average Bonchev–Trinajstić information content (AvgIpc) is 3.02. The van der Waals surface area contributed by atoms with E-state index >= 15 is 0 Å². The van der Waals surface area contributed by atoms with E-state index in [0.29, 0.717) is 11.1 Å². The Labute approximate surface area is 298 Å². The van der Waals surface area contributed by atoms with Crippen molar-refractivity contribution in [3.8, 4) is 44.5 Å². The molecule has 0 saturated carbocycles. The second-order valence-electron chi connectivity index (χ2n) is 17.9. The van der Waals surface area contributed by atoms with Gasteiger partial charge in [-0.05, 0) is 101 Å². The smallest absolute Gasteiger partial charge is 0.166 e. The van der Waals surface area contributed by atoms with Crippen LogP contribution in [0.3, 0.4) is 0 Å². The first-order valence-electron chi connectivity index (χ1n) is 17.7. The molecule has 5 aromatic rings. The predicted molar refractivity (Wildman–Crippen MR) is 208 cm³/mol. The van der Waals surface area contributed by atoms with Gasteiger partial charge in [-0.25, -0.2) is 0 Å². The van der Waals surface area contributed by atoms with Gasteiger partial charge in [-0.15, -0.1) is 0 Å². The first kappa shape index (κ1) is 37.2. The van der Waals surface area contributed by atoms with E-state index in [4.69, 9.17) is 0 Å². The Hall–Kier alpha value is -4.11. The first-order valence-corrected chi connectivity index (χ1v) is 17.7. The minimum Gasteiger partial charge on any atom is -0.166 e. The van der Waals surface area contributed by atoms with Gasteiger partial charge in [-0.2, -0.15) is 13.2 Å². The highest BCUT2D eigenvalue weighted by atomic mass is 19.4. The van der Waals surface area contributed by atoms with E-state index in [9.17, 15) is 13.2 Å². The van der Waals surface area contributed by atoms with Crippen LogP contribution in [0.15, 0.2) is 103 Å². The largest absolute Gasteiger partial charge is 0.416 e. The zero-order valence-corrected chi connectivity index (χ0v) is 31.9. The third-order valence-electron chi connectivity index (χ3n) is 9.69. The van der Waals surface area contributed by atoms with Crippen LogP contribution in [0.25, 0.3) is 44.5 Å². The molecule has 0 N–H and O–H groups in total. The van der Waals surface area contributed by atoms with E-state index in [1.807, 2.05) is 48.5 Å². The molecule has 0 amide bonds. The molecule has 3 heteroatoms. The summed E-state index contributed by atoms with van der Waals surface area (Å²) in [5, 5.41) is 0. The number of alkyl halides is 3. The molecule has 0 atom stereocenters. The van der Waals surface area contributed by atoms with Crippen LogP contribution in [-0.4, -0.2) is 0 Å². The lowest BCUT2D eigenvalue weighted by atomic mass is 9.76. The fourth-order valence-corrected chi connectivity index (χ4v) is 6.78. The molecular formula is C47H53F3. The minimum atomic E-state index is -4.53. The normalized spacial score (nSPS) is 13.1. The van der Waals surface area contributed by atoms with Crippen molar-refractivity contribution in [2.45, 2.75) is 111 Å². The summed E-state index contributed by atoms with van der Waals surface area (Å²) in [5.74, 6) is 0. The van der Waals surface area contributed by atoms with E-state index < -0.39 is 11.7 Å². The topological polar surface area (TPSA) is 0 Å². The van der Waals surface area contributed by atoms with Gasteiger partial charge in [-0.1, -0.05) is 174 Å². The summed E-state index contributed by atoms with van der Waals surface area (Å²) in [4.78, 5) is 0. The average molecular weight is 675 g/mol. The van der Waals surface area contributed by atoms with Crippen molar-refractivity contribution < 1.29 is 13.2 Å². The van der Waals surface area contributed by atoms with Crippen LogP contribution >= 0.6 is 0 Å². The molecule has 0 nitrogen and oxygen atoms in total. The van der Waals surface area contributed by atoms with Crippen LogP contribution < -0.4 is 0 Å². The summed E-state index contributed by atoms with van der Waals surface area (Å²) in [6.45, 7) is 26.1. The minimum absolute atomic E-state index is 0.0269. The summed E-state index contributed by atoms with van der Waals surface area (Å²) in [7, 11) is 0. The second-order valence-corrected chi connectivity index (χ2v) is 17.9. The molecule has 0 heterocycles. The Morgan fingerprint density at radius 3 is 1.08 bits per heavy atom. The van der Waals surface area contributed by atoms with Crippen LogP contribution in [0.5, 0.6) is 0 Å². The highest BCUT2D eigenvalue weighted by molar-refractivity contribution is 5.97. The van der Waals surface area contributed by atoms with Crippen molar-refractivity contribution >= 4 is 0 Å². The molecule has 50 heavy (non-hydrogen) atoms. The molecule has 5 aromatic carbocycles. The van der Waals surface area contributed by atoms with Crippen molar-refractivity contribution in [3.63, 3.8) is 0 Å². The number of benzene rings is 5. The molecule has 262 valence electrons. The molecular weight excluding hydrogens is 622 g/mol. The maximum absolute atomic E-state index is 14.9. The summed E-state index contributed by atoms with van der Waals surface area (Å²) < 4.78 is 44.6. The Balaban J connectivity index is 1.87. The highest BCUT2D eigenvalue weighted by Crippen LogP contribution is 2.48. The Bertz CT molecular complexity index is 1880. The summed E-state index contributed by atoms with van der Waals surface area (Å²) in [6, 6.07) is 33.8. The summed E-state index contributed by atoms with van der Waals surface area (Å²) >= 11 is 0. The molecule has 0 spiro atoms. The molecule has 0 bridgehead atoms. The van der Waals surface area contributed by atoms with Gasteiger partial charge in [0.15, 0.2) is 0 Å². The fourth-order valence-electron chi connectivity index (χ4n) is 6.78. The lowest BCUT2D eigenvalue weighted by Crippen LogP contribution is -2.16. The second kappa shape index (κ2) is 12.9. The van der Waals surface area contributed by atoms with Gasteiger partial charge in [0, 0.05) is 0 Å². The Kier molecular flexibility index (Phi) is 9.58. The van der Waals surface area contributed by atoms with Crippen LogP contribution in [-0.2, 0) is 27.8 Å². The molecule has 0 aliphatic heterocycles. The van der Waals surface area contributed by atoms with Crippen LogP contribution in [0, 0.1) is 0 Å². The predicted octanol–water partition coefficient (Wildman–Crippen LogP) is 14.6. The number of halogens is 3. The van der Waals surface area contributed by atoms with Gasteiger partial charge in [0.2, 0.25) is 0 Å². The monoisotopic (exact) mass is 674 g/mol. The van der Waals surface area contributed by atoms with Gasteiger partial charge in [-0.3, -0.25) is 0 Å². The molecule has 0 saturated heterocycles. The molecule has 0 aliphatic carbocycles. The van der Waals surface area contributed by atoms with Gasteiger partial charge < -0.3 is 0 Å². The molecule has 0 aliphatic rings. The van der Waals surface area contributed by atoms with Gasteiger partial charge in [0.1, 0.15) is 0 Å². The molecule has 0 fully saturated rings. The quantitative estimate of drug-likeness (QED) is 0.178. The third-order valence-corrected chi connectivity index (χ3v) is 9.69. The van der Waals surface area contributed by atoms with E-state index in [-0.39, 0.29) is 21.7 Å². The lowest BCUT2D eigenvalue weighted by Gasteiger charge is -2.28. The van der Waals surface area contributed by atoms with Crippen LogP contribution in [0.2, 0.25) is 0 Å². The number of rotatable bonds is 4. The Morgan fingerprint density at radius 2 is 0.720 bits per heavy atom. The van der Waals surface area contributed by atoms with Crippen LogP contribution in [0.1, 0.15) is 111 Å². The Morgan fingerprint density at radius 1 is 0.340 bits per heavy atom. The van der Waals surface area contributed by atoms with Crippen molar-refractivity contribution in [3.05, 3.63) is 131 Å². The van der Waals surface area contributed by atoms with Crippen molar-refractivity contribution in [1.29, 1.82) is 0 Å². The van der Waals surface area contributed by atoms with E-state index in [2.05, 4.69) is 126 Å². The van der Waals surface area contributed by atoms with E-state index in [0.717, 1.165) is 44.5 Å². The number of hydrogen-bond acceptors (Lipinski definition) is 0. The number of hydrogen-bond donors (Lipinski definition) is 0. The standard InChI is InChI=1S/C47H53F3/c1-43(2,3)33-25-32(26-34(27-33)44(4,5)6)30-21-23-31(24-22-30)42-38(36-17-13-15-19-40(36)45(7,8)9)28-35(47(48,49)50)29-39(42)37-18-14-16-20-41(37)46(10,11)12/h13-29H,1-12H3. The van der Waals surface area contributed by atoms with Gasteiger partial charge in [0.25, 0.3) is 0 Å². The molecule has 0 aromatic heterocycles. The highest BCUT2D eigenvalue weighted by Gasteiger charge is 2.34. The van der Waals surface area contributed by atoms with Crippen molar-refractivity contribution in [2.75, 3.05) is 0 Å². The maximum atomic E-state index is 14.9. The molecule has 0 unspecified atom stereocenters. The maximum Gasteiger partial charge on any atom is 0.416 e. The van der Waals surface area contributed by atoms with Gasteiger partial charge >= 0.3 is 6.18 Å². The fraction of sp³-hybridized carbons (Fsp3) is 0.362. The zero-order chi connectivity index (χ0) is 37.0. The van der Waals surface area contributed by atoms with Crippen LogP contribution in [0.4, 0.5) is 13.2 Å². The lowest BCUT2D eigenvalue weighted by molar-refractivity contribution is -0.137. The van der Waals surface area contributed by atoms with Crippen molar-refractivity contribution in [1.82, 2.24) is 0 Å². The SMILES string of the molecule is CC(C)(C)c1cc(-c2ccc(-c3c(-c4ccccc4C(C)(C)C)cc(C(F)(F)F)cc3-c3ccccc3C(C)(C)C)cc2)cc(C(C)(C)C)c1. The third kappa shape index (κ3) is 7.78. The van der Waals surface area contributed by atoms with Crippen molar-refractivity contribution in [2.24, 2.45) is 0 Å². The van der Waals surface area contributed by atoms with Gasteiger partial charge in [0.05, 0.1) is 5.56 Å². The first-order chi connectivity index (χ1) is 23.0. The zero-order valence-electron chi connectivity index (χ0n) is 31.9. The molecule has 0 radical (unpaired) electrons. The van der Waals surface area contributed by atoms with E-state index in [1.54, 1.807) is 0 Å².